The van der Waals surface area contributed by atoms with E-state index >= 15 is 0 Å². The Morgan fingerprint density at radius 2 is 1.94 bits per heavy atom. The van der Waals surface area contributed by atoms with E-state index in [1.165, 1.54) is 0 Å². The number of nitrogens with zero attached hydrogens (tertiary/aromatic N) is 2. The predicted octanol–water partition coefficient (Wildman–Crippen LogP) is 2.21. The van der Waals surface area contributed by atoms with Gasteiger partial charge in [0.05, 0.1) is 17.1 Å². The summed E-state index contributed by atoms with van der Waals surface area (Å²) in [6.45, 7) is 4.95. The number of aromatic nitrogens is 1. The molecule has 3 heterocycles. The molecule has 1 fully saturated rings. The average molecular weight is 474 g/mol. The van der Waals surface area contributed by atoms with Crippen LogP contribution in [0.25, 0.3) is 0 Å². The van der Waals surface area contributed by atoms with Crippen molar-refractivity contribution >= 4 is 23.4 Å². The molecule has 1 aromatic heterocycles. The molecule has 33 heavy (non-hydrogen) atoms. The maximum absolute atomic E-state index is 13.3. The van der Waals surface area contributed by atoms with Gasteiger partial charge in [-0.15, -0.1) is 0 Å². The van der Waals surface area contributed by atoms with Gasteiger partial charge in [0.1, 0.15) is 18.5 Å². The maximum Gasteiger partial charge on any atom is 0.256 e. The van der Waals surface area contributed by atoms with Gasteiger partial charge in [-0.1, -0.05) is 17.7 Å². The summed E-state index contributed by atoms with van der Waals surface area (Å²) in [6.07, 6.45) is 1.75. The molecule has 176 valence electrons. The number of ether oxygens (including phenoxy) is 1. The molecule has 0 aliphatic carbocycles. The van der Waals surface area contributed by atoms with Crippen LogP contribution in [0, 0.1) is 13.8 Å². The molecule has 2 N–H and O–H groups in total. The molecule has 2 aliphatic heterocycles. The molecule has 0 atom stereocenters. The van der Waals surface area contributed by atoms with Crippen LogP contribution in [0.3, 0.4) is 0 Å². The van der Waals surface area contributed by atoms with Crippen LogP contribution in [0.2, 0.25) is 5.02 Å². The normalized spacial score (nSPS) is 16.7. The minimum absolute atomic E-state index is 0.133. The van der Waals surface area contributed by atoms with Gasteiger partial charge < -0.3 is 24.6 Å². The number of carbonyl (C=O) groups is 2. The molecule has 0 unspecified atom stereocenters. The van der Waals surface area contributed by atoms with Crippen molar-refractivity contribution in [1.29, 1.82) is 0 Å². The van der Waals surface area contributed by atoms with E-state index in [-0.39, 0.29) is 35.0 Å². The van der Waals surface area contributed by atoms with E-state index in [0.29, 0.717) is 55.8 Å². The Balaban J connectivity index is 1.51. The number of halogens is 1. The highest BCUT2D eigenvalue weighted by molar-refractivity contribution is 6.35. The minimum Gasteiger partial charge on any atom is -0.489 e. The number of carbonyl (C=O) groups excluding carboxylic acids is 2. The fourth-order valence-electron chi connectivity index (χ4n) is 4.56. The first-order valence-corrected chi connectivity index (χ1v) is 11.5. The van der Waals surface area contributed by atoms with E-state index in [1.807, 2.05) is 26.0 Å². The van der Waals surface area contributed by atoms with Gasteiger partial charge in [0.2, 0.25) is 5.91 Å². The van der Waals surface area contributed by atoms with Gasteiger partial charge >= 0.3 is 0 Å². The van der Waals surface area contributed by atoms with E-state index in [2.05, 4.69) is 4.98 Å². The number of H-pyrrole nitrogens is 1. The van der Waals surface area contributed by atoms with Gasteiger partial charge in [0.15, 0.2) is 0 Å². The van der Waals surface area contributed by atoms with Crippen LogP contribution in [0.5, 0.6) is 5.75 Å². The van der Waals surface area contributed by atoms with Gasteiger partial charge in [-0.25, -0.2) is 0 Å². The second-order valence-electron chi connectivity index (χ2n) is 8.69. The number of hydrogen-bond donors (Lipinski definition) is 2. The second-order valence-corrected chi connectivity index (χ2v) is 9.07. The smallest absolute Gasteiger partial charge is 0.256 e. The molecule has 0 radical (unpaired) electrons. The lowest BCUT2D eigenvalue weighted by atomic mass is 9.97. The summed E-state index contributed by atoms with van der Waals surface area (Å²) in [6, 6.07) is 5.57. The number of piperidine rings is 1. The number of fused-ring (bicyclic) bond motifs is 1. The molecular formula is C24H28ClN3O5. The SMILES string of the molecule is Cc1cc(C)c(CN2CCc3ccc(OC4CCN(C(=O)CO)CC4)c(Cl)c3C2=O)c(=O)[nH]1. The van der Waals surface area contributed by atoms with Crippen LogP contribution in [0.15, 0.2) is 23.0 Å². The van der Waals surface area contributed by atoms with Crippen molar-refractivity contribution < 1.29 is 19.4 Å². The third-order valence-corrected chi connectivity index (χ3v) is 6.79. The Hall–Kier alpha value is -2.84. The summed E-state index contributed by atoms with van der Waals surface area (Å²) in [5.41, 5.74) is 3.32. The number of likely N-dealkylation sites (tertiary alicyclic amines) is 1. The summed E-state index contributed by atoms with van der Waals surface area (Å²) in [4.78, 5) is 43.5. The van der Waals surface area contributed by atoms with Crippen LogP contribution in [-0.2, 0) is 17.8 Å². The van der Waals surface area contributed by atoms with E-state index < -0.39 is 6.61 Å². The zero-order chi connectivity index (χ0) is 23.7. The Labute approximate surface area is 197 Å². The van der Waals surface area contributed by atoms with Gasteiger partial charge in [-0.2, -0.15) is 0 Å². The van der Waals surface area contributed by atoms with Crippen molar-refractivity contribution in [2.24, 2.45) is 0 Å². The first kappa shape index (κ1) is 23.3. The Morgan fingerprint density at radius 3 is 2.61 bits per heavy atom. The van der Waals surface area contributed by atoms with Crippen molar-refractivity contribution in [3.63, 3.8) is 0 Å². The Morgan fingerprint density at radius 1 is 1.21 bits per heavy atom. The summed E-state index contributed by atoms with van der Waals surface area (Å²) < 4.78 is 6.11. The van der Waals surface area contributed by atoms with Crippen LogP contribution >= 0.6 is 11.6 Å². The fraction of sp³-hybridized carbons (Fsp3) is 0.458. The van der Waals surface area contributed by atoms with Gasteiger partial charge in [-0.3, -0.25) is 14.4 Å². The molecule has 0 saturated carbocycles. The number of aliphatic hydroxyl groups excluding tert-OH is 1. The molecule has 0 spiro atoms. The minimum atomic E-state index is -0.491. The van der Waals surface area contributed by atoms with E-state index in [0.717, 1.165) is 16.8 Å². The van der Waals surface area contributed by atoms with Crippen LogP contribution < -0.4 is 10.3 Å². The van der Waals surface area contributed by atoms with Crippen LogP contribution in [0.4, 0.5) is 0 Å². The lowest BCUT2D eigenvalue weighted by Crippen LogP contribution is -2.43. The first-order valence-electron chi connectivity index (χ1n) is 11.1. The van der Waals surface area contributed by atoms with E-state index in [9.17, 15) is 14.4 Å². The Bertz CT molecular complexity index is 1140. The fourth-order valence-corrected chi connectivity index (χ4v) is 4.87. The quantitative estimate of drug-likeness (QED) is 0.693. The monoisotopic (exact) mass is 473 g/mol. The van der Waals surface area contributed by atoms with Crippen LogP contribution in [-0.4, -0.2) is 64.0 Å². The van der Waals surface area contributed by atoms with E-state index in [1.54, 1.807) is 15.9 Å². The first-order chi connectivity index (χ1) is 15.8. The molecule has 0 bridgehead atoms. The summed E-state index contributed by atoms with van der Waals surface area (Å²) in [7, 11) is 0. The van der Waals surface area contributed by atoms with Crippen molar-refractivity contribution in [2.45, 2.75) is 45.8 Å². The topological polar surface area (TPSA) is 103 Å². The molecule has 1 saturated heterocycles. The third-order valence-electron chi connectivity index (χ3n) is 6.41. The number of aromatic amines is 1. The second kappa shape index (κ2) is 9.57. The number of pyridine rings is 1. The third kappa shape index (κ3) is 4.77. The van der Waals surface area contributed by atoms with Crippen molar-refractivity contribution in [2.75, 3.05) is 26.2 Å². The number of benzene rings is 1. The molecule has 2 aromatic rings. The molecule has 8 nitrogen and oxygen atoms in total. The lowest BCUT2D eigenvalue weighted by Gasteiger charge is -2.33. The largest absolute Gasteiger partial charge is 0.489 e. The molecule has 9 heteroatoms. The number of hydrogen-bond acceptors (Lipinski definition) is 5. The average Bonchev–Trinajstić information content (AvgIpc) is 2.79. The van der Waals surface area contributed by atoms with Crippen molar-refractivity contribution in [3.8, 4) is 5.75 Å². The zero-order valence-electron chi connectivity index (χ0n) is 18.8. The van der Waals surface area contributed by atoms with Gasteiger partial charge in [0.25, 0.3) is 11.5 Å². The summed E-state index contributed by atoms with van der Waals surface area (Å²) >= 11 is 6.66. The molecule has 2 aliphatic rings. The number of amides is 2. The Kier molecular flexibility index (Phi) is 6.76. The molecule has 4 rings (SSSR count). The highest BCUT2D eigenvalue weighted by atomic mass is 35.5. The van der Waals surface area contributed by atoms with Crippen LogP contribution in [0.1, 0.15) is 45.6 Å². The summed E-state index contributed by atoms with van der Waals surface area (Å²) in [5, 5.41) is 9.31. The molecular weight excluding hydrogens is 446 g/mol. The molecule has 2 amide bonds. The highest BCUT2D eigenvalue weighted by Gasteiger charge is 2.30. The predicted molar refractivity (Wildman–Crippen MR) is 124 cm³/mol. The zero-order valence-corrected chi connectivity index (χ0v) is 19.6. The number of rotatable bonds is 5. The van der Waals surface area contributed by atoms with Crippen molar-refractivity contribution in [1.82, 2.24) is 14.8 Å². The van der Waals surface area contributed by atoms with Crippen molar-refractivity contribution in [3.05, 3.63) is 61.5 Å². The van der Waals surface area contributed by atoms with Gasteiger partial charge in [0, 0.05) is 43.7 Å². The number of aliphatic hydroxyl groups is 1. The highest BCUT2D eigenvalue weighted by Crippen LogP contribution is 2.36. The number of aryl methyl sites for hydroxylation is 2. The maximum atomic E-state index is 13.3. The number of nitrogens with one attached hydrogen (secondary N) is 1. The standard InChI is InChI=1S/C24H28ClN3O5/c1-14-11-15(2)26-23(31)18(14)12-28-8-5-16-3-4-19(22(25)21(16)24(28)32)33-17-6-9-27(10-7-17)20(30)13-29/h3-4,11,17,29H,5-10,12-13H2,1-2H3,(H,26,31). The van der Waals surface area contributed by atoms with Gasteiger partial charge in [-0.05, 0) is 43.5 Å². The van der Waals surface area contributed by atoms with E-state index in [4.69, 9.17) is 21.4 Å². The lowest BCUT2D eigenvalue weighted by molar-refractivity contribution is -0.135. The molecule has 1 aromatic carbocycles. The summed E-state index contributed by atoms with van der Waals surface area (Å²) in [5.74, 6) is -0.0510.